The Hall–Kier alpha value is -0.300. The molecular formula is C15H27N. The lowest BCUT2D eigenvalue weighted by Crippen LogP contribution is -2.34. The molecule has 2 fully saturated rings. The summed E-state index contributed by atoms with van der Waals surface area (Å²) in [7, 11) is 0. The van der Waals surface area contributed by atoms with E-state index in [9.17, 15) is 0 Å². The van der Waals surface area contributed by atoms with Crippen molar-refractivity contribution in [3.8, 4) is 0 Å². The number of nitrogens with one attached hydrogen (secondary N) is 1. The van der Waals surface area contributed by atoms with Crippen molar-refractivity contribution in [2.24, 2.45) is 5.92 Å². The molecule has 1 aliphatic heterocycles. The smallest absolute Gasteiger partial charge is 0.0104 e. The highest BCUT2D eigenvalue weighted by atomic mass is 14.9. The van der Waals surface area contributed by atoms with Gasteiger partial charge in [-0.25, -0.2) is 0 Å². The number of piperidine rings is 1. The van der Waals surface area contributed by atoms with Gasteiger partial charge < -0.3 is 5.32 Å². The van der Waals surface area contributed by atoms with Crippen LogP contribution < -0.4 is 5.32 Å². The van der Waals surface area contributed by atoms with E-state index in [-0.39, 0.29) is 0 Å². The highest BCUT2D eigenvalue weighted by molar-refractivity contribution is 5.15. The van der Waals surface area contributed by atoms with Crippen molar-refractivity contribution in [1.82, 2.24) is 5.32 Å². The fourth-order valence-electron chi connectivity index (χ4n) is 3.29. The summed E-state index contributed by atoms with van der Waals surface area (Å²) in [4.78, 5) is 0. The van der Waals surface area contributed by atoms with E-state index in [1.807, 2.05) is 0 Å². The molecule has 92 valence electrons. The molecule has 1 nitrogen and oxygen atoms in total. The van der Waals surface area contributed by atoms with Gasteiger partial charge in [0.1, 0.15) is 0 Å². The average Bonchev–Trinajstić information content (AvgIpc) is 2.30. The van der Waals surface area contributed by atoms with Gasteiger partial charge >= 0.3 is 0 Å². The summed E-state index contributed by atoms with van der Waals surface area (Å²) in [6, 6.07) is 0.776. The second kappa shape index (κ2) is 5.86. The van der Waals surface area contributed by atoms with Gasteiger partial charge in [-0.3, -0.25) is 0 Å². The van der Waals surface area contributed by atoms with Gasteiger partial charge in [-0.1, -0.05) is 30.9 Å². The lowest BCUT2D eigenvalue weighted by Gasteiger charge is -2.27. The maximum Gasteiger partial charge on any atom is 0.0104 e. The summed E-state index contributed by atoms with van der Waals surface area (Å²) >= 11 is 0. The summed E-state index contributed by atoms with van der Waals surface area (Å²) in [5, 5.41) is 3.67. The lowest BCUT2D eigenvalue weighted by molar-refractivity contribution is 0.393. The van der Waals surface area contributed by atoms with Crippen LogP contribution in [0.25, 0.3) is 0 Å². The fraction of sp³-hybridized carbons (Fsp3) is 0.867. The number of allylic oxidation sites excluding steroid dienone is 1. The van der Waals surface area contributed by atoms with Crippen LogP contribution in [-0.4, -0.2) is 12.6 Å². The van der Waals surface area contributed by atoms with E-state index in [1.54, 1.807) is 11.1 Å². The molecule has 1 saturated carbocycles. The van der Waals surface area contributed by atoms with Crippen LogP contribution in [0, 0.1) is 5.92 Å². The summed E-state index contributed by atoms with van der Waals surface area (Å²) in [6.07, 6.45) is 11.1. The van der Waals surface area contributed by atoms with Crippen molar-refractivity contribution in [2.75, 3.05) is 6.54 Å². The molecule has 1 heteroatoms. The summed E-state index contributed by atoms with van der Waals surface area (Å²) in [5.41, 5.74) is 3.48. The van der Waals surface area contributed by atoms with Crippen molar-refractivity contribution < 1.29 is 0 Å². The maximum atomic E-state index is 3.67. The fourth-order valence-corrected chi connectivity index (χ4v) is 3.29. The van der Waals surface area contributed by atoms with Crippen LogP contribution in [0.15, 0.2) is 11.1 Å². The Morgan fingerprint density at radius 1 is 1.25 bits per heavy atom. The molecule has 0 spiro atoms. The minimum atomic E-state index is 0.776. The van der Waals surface area contributed by atoms with Crippen molar-refractivity contribution >= 4 is 0 Å². The zero-order valence-electron chi connectivity index (χ0n) is 11.0. The van der Waals surface area contributed by atoms with E-state index in [0.29, 0.717) is 0 Å². The zero-order chi connectivity index (χ0) is 11.4. The van der Waals surface area contributed by atoms with E-state index in [1.165, 1.54) is 57.9 Å². The Balaban J connectivity index is 1.89. The van der Waals surface area contributed by atoms with Gasteiger partial charge in [0.25, 0.3) is 0 Å². The maximum absolute atomic E-state index is 3.67. The summed E-state index contributed by atoms with van der Waals surface area (Å²) in [5.74, 6) is 0.929. The first-order chi connectivity index (χ1) is 7.75. The molecule has 1 saturated heterocycles. The van der Waals surface area contributed by atoms with E-state index in [0.717, 1.165) is 12.0 Å². The number of hydrogen-bond donors (Lipinski definition) is 1. The van der Waals surface area contributed by atoms with Gasteiger partial charge in [-0.15, -0.1) is 0 Å². The van der Waals surface area contributed by atoms with E-state index in [4.69, 9.17) is 0 Å². The standard InChI is InChI=1S/C15H27N/c1-12-6-5-7-14(10-12)13(2)11-15-8-3-4-9-16-15/h12,15-16H,3-11H2,1-2H3. The highest BCUT2D eigenvalue weighted by Crippen LogP contribution is 2.31. The minimum Gasteiger partial charge on any atom is -0.314 e. The normalized spacial score (nSPS) is 34.9. The van der Waals surface area contributed by atoms with Crippen LogP contribution in [0.1, 0.15) is 65.2 Å². The van der Waals surface area contributed by atoms with Gasteiger partial charge in [0.2, 0.25) is 0 Å². The molecule has 1 heterocycles. The molecule has 1 aliphatic carbocycles. The van der Waals surface area contributed by atoms with Crippen molar-refractivity contribution in [1.29, 1.82) is 0 Å². The van der Waals surface area contributed by atoms with Gasteiger partial charge in [-0.2, -0.15) is 0 Å². The quantitative estimate of drug-likeness (QED) is 0.694. The zero-order valence-corrected chi connectivity index (χ0v) is 11.0. The van der Waals surface area contributed by atoms with Gasteiger partial charge in [0.05, 0.1) is 0 Å². The van der Waals surface area contributed by atoms with Crippen LogP contribution in [-0.2, 0) is 0 Å². The topological polar surface area (TPSA) is 12.0 Å². The monoisotopic (exact) mass is 221 g/mol. The molecular weight excluding hydrogens is 194 g/mol. The Kier molecular flexibility index (Phi) is 4.45. The molecule has 0 bridgehead atoms. The van der Waals surface area contributed by atoms with Gasteiger partial charge in [0, 0.05) is 6.04 Å². The van der Waals surface area contributed by atoms with Gasteiger partial charge in [0.15, 0.2) is 0 Å². The van der Waals surface area contributed by atoms with Crippen molar-refractivity contribution in [3.63, 3.8) is 0 Å². The van der Waals surface area contributed by atoms with E-state index >= 15 is 0 Å². The molecule has 1 N–H and O–H groups in total. The third kappa shape index (κ3) is 3.35. The molecule has 2 atom stereocenters. The highest BCUT2D eigenvalue weighted by Gasteiger charge is 2.18. The second-order valence-electron chi connectivity index (χ2n) is 5.94. The van der Waals surface area contributed by atoms with Crippen molar-refractivity contribution in [3.05, 3.63) is 11.1 Å². The largest absolute Gasteiger partial charge is 0.314 e. The van der Waals surface area contributed by atoms with Crippen LogP contribution in [0.5, 0.6) is 0 Å². The van der Waals surface area contributed by atoms with E-state index in [2.05, 4.69) is 19.2 Å². The SMILES string of the molecule is CC(CC1CCCCN1)=C1CCCC(C)C1. The van der Waals surface area contributed by atoms with Crippen LogP contribution in [0.3, 0.4) is 0 Å². The molecule has 2 unspecified atom stereocenters. The minimum absolute atomic E-state index is 0.776. The molecule has 0 aromatic carbocycles. The summed E-state index contributed by atoms with van der Waals surface area (Å²) < 4.78 is 0. The molecule has 0 aromatic rings. The first-order valence-electron chi connectivity index (χ1n) is 7.16. The second-order valence-corrected chi connectivity index (χ2v) is 5.94. The first kappa shape index (κ1) is 12.2. The molecule has 0 amide bonds. The third-order valence-corrected chi connectivity index (χ3v) is 4.34. The molecule has 16 heavy (non-hydrogen) atoms. The first-order valence-corrected chi connectivity index (χ1v) is 7.16. The van der Waals surface area contributed by atoms with Crippen LogP contribution in [0.2, 0.25) is 0 Å². The van der Waals surface area contributed by atoms with Crippen molar-refractivity contribution in [2.45, 2.75) is 71.3 Å². The predicted octanol–water partition coefficient (Wildman–Crippen LogP) is 4.05. The lowest BCUT2D eigenvalue weighted by atomic mass is 9.83. The molecule has 2 aliphatic rings. The van der Waals surface area contributed by atoms with E-state index < -0.39 is 0 Å². The Morgan fingerprint density at radius 3 is 2.81 bits per heavy atom. The summed E-state index contributed by atoms with van der Waals surface area (Å²) in [6.45, 7) is 6.03. The molecule has 0 radical (unpaired) electrons. The van der Waals surface area contributed by atoms with Crippen LogP contribution >= 0.6 is 0 Å². The molecule has 2 rings (SSSR count). The van der Waals surface area contributed by atoms with Crippen LogP contribution in [0.4, 0.5) is 0 Å². The number of rotatable bonds is 2. The number of hydrogen-bond acceptors (Lipinski definition) is 1. The Morgan fingerprint density at radius 2 is 2.12 bits per heavy atom. The third-order valence-electron chi connectivity index (χ3n) is 4.34. The molecule has 0 aromatic heterocycles. The van der Waals surface area contributed by atoms with Gasteiger partial charge in [-0.05, 0) is 57.9 Å². The average molecular weight is 221 g/mol. The Bertz CT molecular complexity index is 248. The predicted molar refractivity (Wildman–Crippen MR) is 70.6 cm³/mol. The Labute approximate surface area is 101 Å².